The molecule has 124 valence electrons. The molecule has 4 rings (SSSR count). The van der Waals surface area contributed by atoms with E-state index in [1.165, 1.54) is 11.3 Å². The van der Waals surface area contributed by atoms with Gasteiger partial charge in [0.2, 0.25) is 5.82 Å². The van der Waals surface area contributed by atoms with Gasteiger partial charge < -0.3 is 9.26 Å². The lowest BCUT2D eigenvalue weighted by molar-refractivity contribution is 0.0430. The number of nitrogens with zero attached hydrogens (tertiary/aromatic N) is 3. The van der Waals surface area contributed by atoms with Crippen molar-refractivity contribution >= 4 is 39.8 Å². The maximum atomic E-state index is 12.2. The fourth-order valence-electron chi connectivity index (χ4n) is 2.26. The Morgan fingerprint density at radius 2 is 2.12 bits per heavy atom. The Morgan fingerprint density at radius 3 is 2.96 bits per heavy atom. The number of esters is 1. The Labute approximate surface area is 151 Å². The monoisotopic (exact) mass is 371 g/mol. The van der Waals surface area contributed by atoms with E-state index in [1.54, 1.807) is 30.3 Å². The number of benzene rings is 1. The lowest BCUT2D eigenvalue weighted by atomic mass is 10.1. The van der Waals surface area contributed by atoms with Crippen LogP contribution in [0.2, 0.25) is 5.15 Å². The summed E-state index contributed by atoms with van der Waals surface area (Å²) in [6.07, 6.45) is 0. The molecule has 0 saturated carbocycles. The third-order valence-corrected chi connectivity index (χ3v) is 4.50. The van der Waals surface area contributed by atoms with E-state index in [-0.39, 0.29) is 12.5 Å². The van der Waals surface area contributed by atoms with E-state index in [2.05, 4.69) is 15.1 Å². The summed E-state index contributed by atoms with van der Waals surface area (Å²) in [7, 11) is 0. The zero-order valence-corrected chi connectivity index (χ0v) is 14.3. The molecular weight excluding hydrogens is 362 g/mol. The van der Waals surface area contributed by atoms with Crippen molar-refractivity contribution in [3.63, 3.8) is 0 Å². The summed E-state index contributed by atoms with van der Waals surface area (Å²) in [4.78, 5) is 21.5. The van der Waals surface area contributed by atoms with Crippen LogP contribution in [-0.4, -0.2) is 21.1 Å². The second-order valence-electron chi connectivity index (χ2n) is 5.11. The van der Waals surface area contributed by atoms with E-state index in [4.69, 9.17) is 20.9 Å². The van der Waals surface area contributed by atoms with Crippen LogP contribution in [-0.2, 0) is 11.3 Å². The number of ether oxygens (including phenoxy) is 1. The molecular formula is C17H10ClN3O3S. The second kappa shape index (κ2) is 6.62. The zero-order chi connectivity index (χ0) is 17.2. The van der Waals surface area contributed by atoms with Gasteiger partial charge in [-0.1, -0.05) is 22.8 Å². The third-order valence-electron chi connectivity index (χ3n) is 3.43. The predicted molar refractivity (Wildman–Crippen MR) is 93.5 cm³/mol. The molecule has 0 fully saturated rings. The normalized spacial score (nSPS) is 10.9. The molecule has 0 bridgehead atoms. The summed E-state index contributed by atoms with van der Waals surface area (Å²) in [5.74, 6) is 0.244. The van der Waals surface area contributed by atoms with Crippen LogP contribution in [0, 0.1) is 0 Å². The van der Waals surface area contributed by atoms with Crippen LogP contribution >= 0.6 is 22.9 Å². The number of rotatable bonds is 4. The minimum Gasteiger partial charge on any atom is -0.452 e. The average molecular weight is 372 g/mol. The van der Waals surface area contributed by atoms with E-state index in [9.17, 15) is 4.79 Å². The molecule has 8 heteroatoms. The first kappa shape index (κ1) is 15.7. The van der Waals surface area contributed by atoms with E-state index in [1.807, 2.05) is 17.5 Å². The first-order valence-corrected chi connectivity index (χ1v) is 8.55. The first-order valence-electron chi connectivity index (χ1n) is 7.29. The van der Waals surface area contributed by atoms with Crippen LogP contribution < -0.4 is 0 Å². The Morgan fingerprint density at radius 1 is 1.20 bits per heavy atom. The van der Waals surface area contributed by atoms with Crippen LogP contribution in [0.5, 0.6) is 0 Å². The highest BCUT2D eigenvalue weighted by molar-refractivity contribution is 7.13. The number of fused-ring (bicyclic) bond motifs is 1. The number of hydrogen-bond donors (Lipinski definition) is 0. The number of halogens is 1. The zero-order valence-electron chi connectivity index (χ0n) is 12.7. The van der Waals surface area contributed by atoms with Gasteiger partial charge in [-0.15, -0.1) is 11.3 Å². The molecule has 0 spiro atoms. The first-order chi connectivity index (χ1) is 12.2. The van der Waals surface area contributed by atoms with Crippen LogP contribution in [0.1, 0.15) is 16.2 Å². The largest absolute Gasteiger partial charge is 0.452 e. The van der Waals surface area contributed by atoms with Crippen molar-refractivity contribution in [3.05, 3.63) is 64.5 Å². The van der Waals surface area contributed by atoms with E-state index >= 15 is 0 Å². The number of thiophene rings is 1. The molecule has 0 N–H and O–H groups in total. The van der Waals surface area contributed by atoms with Crippen LogP contribution in [0.15, 0.2) is 52.4 Å². The highest BCUT2D eigenvalue weighted by Gasteiger charge is 2.13. The molecule has 3 aromatic heterocycles. The van der Waals surface area contributed by atoms with E-state index in [0.717, 1.165) is 10.3 Å². The van der Waals surface area contributed by atoms with Crippen molar-refractivity contribution in [3.8, 4) is 10.7 Å². The Balaban J connectivity index is 1.46. The van der Waals surface area contributed by atoms with Crippen LogP contribution in [0.3, 0.4) is 0 Å². The fourth-order valence-corrected chi connectivity index (χ4v) is 3.06. The molecule has 6 nitrogen and oxygen atoms in total. The molecule has 0 radical (unpaired) electrons. The number of carbonyl (C=O) groups excluding carboxylic acids is 1. The van der Waals surface area contributed by atoms with Crippen molar-refractivity contribution in [2.75, 3.05) is 0 Å². The molecule has 0 unspecified atom stereocenters. The van der Waals surface area contributed by atoms with Crippen molar-refractivity contribution in [2.45, 2.75) is 6.61 Å². The molecule has 0 atom stereocenters. The number of aromatic nitrogens is 3. The summed E-state index contributed by atoms with van der Waals surface area (Å²) in [6, 6.07) is 12.3. The maximum Gasteiger partial charge on any atom is 0.338 e. The Kier molecular flexibility index (Phi) is 4.17. The molecule has 0 saturated heterocycles. The average Bonchev–Trinajstić information content (AvgIpc) is 3.30. The van der Waals surface area contributed by atoms with Gasteiger partial charge in [-0.2, -0.15) is 4.98 Å². The molecule has 25 heavy (non-hydrogen) atoms. The van der Waals surface area contributed by atoms with Crippen LogP contribution in [0.25, 0.3) is 21.6 Å². The van der Waals surface area contributed by atoms with Gasteiger partial charge >= 0.3 is 5.97 Å². The van der Waals surface area contributed by atoms with Gasteiger partial charge in [0.05, 0.1) is 16.0 Å². The summed E-state index contributed by atoms with van der Waals surface area (Å²) in [5, 5.41) is 7.00. The lowest BCUT2D eigenvalue weighted by Gasteiger charge is -2.03. The van der Waals surface area contributed by atoms with E-state index < -0.39 is 5.97 Å². The molecule has 0 aliphatic rings. The van der Waals surface area contributed by atoms with Gasteiger partial charge in [0, 0.05) is 5.39 Å². The van der Waals surface area contributed by atoms with Gasteiger partial charge in [-0.05, 0) is 41.8 Å². The highest BCUT2D eigenvalue weighted by Crippen LogP contribution is 2.22. The van der Waals surface area contributed by atoms with Crippen molar-refractivity contribution in [1.29, 1.82) is 0 Å². The minimum absolute atomic E-state index is 0.0892. The van der Waals surface area contributed by atoms with Gasteiger partial charge in [0.25, 0.3) is 5.89 Å². The van der Waals surface area contributed by atoms with Crippen molar-refractivity contribution in [2.24, 2.45) is 0 Å². The molecule has 1 aromatic carbocycles. The number of carbonyl (C=O) groups is 1. The Hall–Kier alpha value is -2.77. The van der Waals surface area contributed by atoms with Crippen LogP contribution in [0.4, 0.5) is 0 Å². The second-order valence-corrected chi connectivity index (χ2v) is 6.44. The number of hydrogen-bond acceptors (Lipinski definition) is 7. The molecule has 3 heterocycles. The summed E-state index contributed by atoms with van der Waals surface area (Å²) in [5.41, 5.74) is 1.12. The van der Waals surface area contributed by atoms with Gasteiger partial charge in [-0.25, -0.2) is 9.78 Å². The third kappa shape index (κ3) is 3.38. The molecule has 0 aliphatic carbocycles. The highest BCUT2D eigenvalue weighted by atomic mass is 35.5. The van der Waals surface area contributed by atoms with Gasteiger partial charge in [0.1, 0.15) is 5.15 Å². The fraction of sp³-hybridized carbons (Fsp3) is 0.0588. The molecule has 4 aromatic rings. The Bertz CT molecular complexity index is 1050. The van der Waals surface area contributed by atoms with Crippen molar-refractivity contribution in [1.82, 2.24) is 15.1 Å². The SMILES string of the molecule is O=C(OCc1nc(-c2cccs2)no1)c1ccc2nc(Cl)ccc2c1. The van der Waals surface area contributed by atoms with Gasteiger partial charge in [-0.3, -0.25) is 0 Å². The lowest BCUT2D eigenvalue weighted by Crippen LogP contribution is -2.05. The predicted octanol–water partition coefficient (Wildman–Crippen LogP) is 4.36. The minimum atomic E-state index is -0.479. The maximum absolute atomic E-state index is 12.2. The standard InChI is InChI=1S/C17H10ClN3O3S/c18-14-6-4-10-8-11(3-5-12(10)19-14)17(22)23-9-15-20-16(21-24-15)13-2-1-7-25-13/h1-8H,9H2. The summed E-state index contributed by atoms with van der Waals surface area (Å²) < 4.78 is 10.3. The van der Waals surface area contributed by atoms with E-state index in [0.29, 0.717) is 22.1 Å². The quantitative estimate of drug-likeness (QED) is 0.392. The van der Waals surface area contributed by atoms with Gasteiger partial charge in [0.15, 0.2) is 6.61 Å². The number of pyridine rings is 1. The molecule has 0 amide bonds. The summed E-state index contributed by atoms with van der Waals surface area (Å²) in [6.45, 7) is -0.0892. The summed E-state index contributed by atoms with van der Waals surface area (Å²) >= 11 is 7.36. The topological polar surface area (TPSA) is 78.1 Å². The molecule has 0 aliphatic heterocycles. The smallest absolute Gasteiger partial charge is 0.338 e. The van der Waals surface area contributed by atoms with Crippen molar-refractivity contribution < 1.29 is 14.1 Å².